The minimum atomic E-state index is -0.656. The van der Waals surface area contributed by atoms with Crippen molar-refractivity contribution >= 4 is 5.97 Å². The highest BCUT2D eigenvalue weighted by Crippen LogP contribution is 2.34. The van der Waals surface area contributed by atoms with Crippen molar-refractivity contribution in [2.45, 2.75) is 31.8 Å². The highest BCUT2D eigenvalue weighted by atomic mass is 16.8. The van der Waals surface area contributed by atoms with Crippen LogP contribution in [0.3, 0.4) is 0 Å². The van der Waals surface area contributed by atoms with Crippen LogP contribution in [0.4, 0.5) is 0 Å². The van der Waals surface area contributed by atoms with Crippen LogP contribution in [-0.2, 0) is 19.0 Å². The smallest absolute Gasteiger partial charge is 0.336 e. The normalized spacial score (nSPS) is 32.1. The van der Waals surface area contributed by atoms with Crippen molar-refractivity contribution in [1.82, 2.24) is 0 Å². The van der Waals surface area contributed by atoms with E-state index in [9.17, 15) is 4.79 Å². The number of ether oxygens (including phenoxy) is 3. The van der Waals surface area contributed by atoms with Gasteiger partial charge in [0.2, 0.25) is 0 Å². The highest BCUT2D eigenvalue weighted by molar-refractivity contribution is 5.90. The van der Waals surface area contributed by atoms with Gasteiger partial charge in [-0.1, -0.05) is 12.2 Å². The number of carbonyl (C=O) groups excluding carboxylic acids is 1. The third kappa shape index (κ3) is 1.82. The number of rotatable bonds is 1. The maximum atomic E-state index is 11.5. The fourth-order valence-corrected chi connectivity index (χ4v) is 1.84. The second-order valence-electron chi connectivity index (χ2n) is 4.02. The average molecular weight is 210 g/mol. The maximum Gasteiger partial charge on any atom is 0.336 e. The molecule has 0 N–H and O–H groups in total. The van der Waals surface area contributed by atoms with Crippen molar-refractivity contribution in [3.63, 3.8) is 0 Å². The van der Waals surface area contributed by atoms with Crippen molar-refractivity contribution in [3.05, 3.63) is 23.8 Å². The lowest BCUT2D eigenvalue weighted by molar-refractivity contribution is -0.145. The van der Waals surface area contributed by atoms with Gasteiger partial charge in [-0.3, -0.25) is 0 Å². The number of carbonyl (C=O) groups is 1. The predicted molar refractivity (Wildman–Crippen MR) is 53.1 cm³/mol. The van der Waals surface area contributed by atoms with Crippen molar-refractivity contribution in [2.75, 3.05) is 7.11 Å². The van der Waals surface area contributed by atoms with Crippen LogP contribution in [0, 0.1) is 0 Å². The molecule has 2 unspecified atom stereocenters. The molecule has 2 rings (SSSR count). The Morgan fingerprint density at radius 3 is 2.87 bits per heavy atom. The first-order valence-corrected chi connectivity index (χ1v) is 4.86. The lowest BCUT2D eigenvalue weighted by Crippen LogP contribution is -2.29. The van der Waals surface area contributed by atoms with Crippen LogP contribution in [0.2, 0.25) is 0 Å². The number of allylic oxidation sites excluding steroid dienone is 2. The van der Waals surface area contributed by atoms with Crippen LogP contribution < -0.4 is 0 Å². The zero-order chi connectivity index (χ0) is 11.1. The van der Waals surface area contributed by atoms with Gasteiger partial charge in [0.25, 0.3) is 0 Å². The fourth-order valence-electron chi connectivity index (χ4n) is 1.84. The third-order valence-corrected chi connectivity index (χ3v) is 2.43. The number of hydrogen-bond acceptors (Lipinski definition) is 4. The quantitative estimate of drug-likeness (QED) is 0.609. The topological polar surface area (TPSA) is 44.8 Å². The Labute approximate surface area is 88.5 Å². The van der Waals surface area contributed by atoms with E-state index in [1.807, 2.05) is 19.9 Å². The van der Waals surface area contributed by atoms with Gasteiger partial charge in [0.1, 0.15) is 12.2 Å². The first-order chi connectivity index (χ1) is 7.03. The van der Waals surface area contributed by atoms with E-state index in [4.69, 9.17) is 9.47 Å². The molecule has 2 atom stereocenters. The Bertz CT molecular complexity index is 340. The van der Waals surface area contributed by atoms with E-state index in [-0.39, 0.29) is 18.2 Å². The van der Waals surface area contributed by atoms with Crippen LogP contribution in [0.5, 0.6) is 0 Å². The lowest BCUT2D eigenvalue weighted by atomic mass is 9.99. The zero-order valence-corrected chi connectivity index (χ0v) is 9.02. The van der Waals surface area contributed by atoms with E-state index in [1.165, 1.54) is 7.11 Å². The van der Waals surface area contributed by atoms with E-state index in [0.717, 1.165) is 0 Å². The molecule has 0 spiro atoms. The van der Waals surface area contributed by atoms with E-state index in [2.05, 4.69) is 4.74 Å². The predicted octanol–water partition coefficient (Wildman–Crippen LogP) is 1.18. The van der Waals surface area contributed by atoms with E-state index in [0.29, 0.717) is 5.57 Å². The van der Waals surface area contributed by atoms with Crippen LogP contribution >= 0.6 is 0 Å². The summed E-state index contributed by atoms with van der Waals surface area (Å²) < 4.78 is 16.0. The molecule has 82 valence electrons. The molecule has 1 fully saturated rings. The molecule has 2 aliphatic rings. The van der Waals surface area contributed by atoms with Crippen LogP contribution in [0.25, 0.3) is 0 Å². The molecular formula is C11H14O4. The Balaban J connectivity index is 2.24. The second kappa shape index (κ2) is 3.47. The highest BCUT2D eigenvalue weighted by Gasteiger charge is 2.44. The van der Waals surface area contributed by atoms with Gasteiger partial charge in [-0.2, -0.15) is 0 Å². The van der Waals surface area contributed by atoms with Crippen molar-refractivity contribution in [3.8, 4) is 0 Å². The summed E-state index contributed by atoms with van der Waals surface area (Å²) in [6, 6.07) is 0. The largest absolute Gasteiger partial charge is 0.466 e. The van der Waals surface area contributed by atoms with Crippen molar-refractivity contribution in [2.24, 2.45) is 0 Å². The number of esters is 1. The summed E-state index contributed by atoms with van der Waals surface area (Å²) in [6.45, 7) is 3.65. The van der Waals surface area contributed by atoms with Crippen LogP contribution in [0.15, 0.2) is 23.8 Å². The zero-order valence-electron chi connectivity index (χ0n) is 9.02. The molecule has 1 heterocycles. The Hall–Kier alpha value is -1.13. The van der Waals surface area contributed by atoms with Crippen LogP contribution in [0.1, 0.15) is 13.8 Å². The average Bonchev–Trinajstić information content (AvgIpc) is 2.49. The minimum Gasteiger partial charge on any atom is -0.466 e. The van der Waals surface area contributed by atoms with Gasteiger partial charge in [0, 0.05) is 0 Å². The van der Waals surface area contributed by atoms with Crippen molar-refractivity contribution in [1.29, 1.82) is 0 Å². The number of fused-ring (bicyclic) bond motifs is 1. The Kier molecular flexibility index (Phi) is 2.40. The molecule has 15 heavy (non-hydrogen) atoms. The van der Waals surface area contributed by atoms with Crippen molar-refractivity contribution < 1.29 is 19.0 Å². The molecule has 0 radical (unpaired) electrons. The molecule has 1 aliphatic carbocycles. The van der Waals surface area contributed by atoms with Crippen LogP contribution in [-0.4, -0.2) is 31.1 Å². The van der Waals surface area contributed by atoms with E-state index < -0.39 is 5.79 Å². The SMILES string of the molecule is COC(=O)C1=CC=CC2OC(C)(C)OC12. The monoisotopic (exact) mass is 210 g/mol. The third-order valence-electron chi connectivity index (χ3n) is 2.43. The van der Waals surface area contributed by atoms with Gasteiger partial charge < -0.3 is 14.2 Å². The molecule has 4 heteroatoms. The molecule has 4 nitrogen and oxygen atoms in total. The molecule has 0 aromatic carbocycles. The molecule has 0 aromatic heterocycles. The summed E-state index contributed by atoms with van der Waals surface area (Å²) >= 11 is 0. The van der Waals surface area contributed by atoms with Gasteiger partial charge >= 0.3 is 5.97 Å². The van der Waals surface area contributed by atoms with Gasteiger partial charge in [-0.15, -0.1) is 0 Å². The molecule has 1 saturated heterocycles. The molecule has 1 aliphatic heterocycles. The van der Waals surface area contributed by atoms with Gasteiger partial charge in [-0.25, -0.2) is 4.79 Å². The molecule has 0 amide bonds. The number of hydrogen-bond donors (Lipinski definition) is 0. The molecule has 0 bridgehead atoms. The minimum absolute atomic E-state index is 0.195. The fraction of sp³-hybridized carbons (Fsp3) is 0.545. The maximum absolute atomic E-state index is 11.5. The molecule has 0 saturated carbocycles. The Morgan fingerprint density at radius 2 is 2.20 bits per heavy atom. The lowest BCUT2D eigenvalue weighted by Gasteiger charge is -2.18. The summed E-state index contributed by atoms with van der Waals surface area (Å²) in [4.78, 5) is 11.5. The summed E-state index contributed by atoms with van der Waals surface area (Å²) in [5.41, 5.74) is 0.510. The summed E-state index contributed by atoms with van der Waals surface area (Å²) in [5, 5.41) is 0. The first kappa shape index (κ1) is 10.4. The molecular weight excluding hydrogens is 196 g/mol. The summed E-state index contributed by atoms with van der Waals surface area (Å²) in [5.74, 6) is -1.02. The Morgan fingerprint density at radius 1 is 1.47 bits per heavy atom. The van der Waals surface area contributed by atoms with E-state index >= 15 is 0 Å². The van der Waals surface area contributed by atoms with Gasteiger partial charge in [0.05, 0.1) is 12.7 Å². The number of methoxy groups -OCH3 is 1. The molecule has 0 aromatic rings. The summed E-state index contributed by atoms with van der Waals surface area (Å²) in [6.07, 6.45) is 4.83. The second-order valence-corrected chi connectivity index (χ2v) is 4.02. The van der Waals surface area contributed by atoms with Gasteiger partial charge in [0.15, 0.2) is 5.79 Å². The summed E-state index contributed by atoms with van der Waals surface area (Å²) in [7, 11) is 1.36. The van der Waals surface area contributed by atoms with E-state index in [1.54, 1.807) is 12.2 Å². The first-order valence-electron chi connectivity index (χ1n) is 4.86. The standard InChI is InChI=1S/C11H14O4/c1-11(2)14-8-6-4-5-7(9(8)15-11)10(12)13-3/h4-6,8-9H,1-3H3. The van der Waals surface area contributed by atoms with Gasteiger partial charge in [-0.05, 0) is 19.9 Å².